The van der Waals surface area contributed by atoms with Gasteiger partial charge in [-0.05, 0) is 50.4 Å². The van der Waals surface area contributed by atoms with Crippen LogP contribution in [0, 0.1) is 17.3 Å². The number of hydrogen-bond acceptors (Lipinski definition) is 5. The van der Waals surface area contributed by atoms with Crippen LogP contribution in [-0.2, 0) is 14.3 Å². The first-order valence-corrected chi connectivity index (χ1v) is 12.4. The van der Waals surface area contributed by atoms with Gasteiger partial charge in [0.05, 0.1) is 19.3 Å². The van der Waals surface area contributed by atoms with Crippen LogP contribution in [0.2, 0.25) is 0 Å². The third-order valence-corrected chi connectivity index (χ3v) is 7.38. The molecule has 0 heterocycles. The summed E-state index contributed by atoms with van der Waals surface area (Å²) < 4.78 is 4.62. The van der Waals surface area contributed by atoms with Gasteiger partial charge in [0.2, 0.25) is 0 Å². The van der Waals surface area contributed by atoms with Gasteiger partial charge in [-0.3, -0.25) is 9.59 Å². The van der Waals surface area contributed by atoms with Gasteiger partial charge in [-0.25, -0.2) is 0 Å². The minimum Gasteiger partial charge on any atom is -0.469 e. The summed E-state index contributed by atoms with van der Waals surface area (Å²) in [5.41, 5.74) is -0.0265. The van der Waals surface area contributed by atoms with Crippen LogP contribution in [0.15, 0.2) is 24.3 Å². The Morgan fingerprint density at radius 2 is 2.07 bits per heavy atom. The Morgan fingerprint density at radius 3 is 2.70 bits per heavy atom. The van der Waals surface area contributed by atoms with E-state index in [-0.39, 0.29) is 35.4 Å². The maximum atomic E-state index is 12.4. The summed E-state index contributed by atoms with van der Waals surface area (Å²) in [5.74, 6) is -0.614. The van der Waals surface area contributed by atoms with E-state index >= 15 is 0 Å². The van der Waals surface area contributed by atoms with E-state index in [1.807, 2.05) is 24.3 Å². The molecule has 5 nitrogen and oxygen atoms in total. The zero-order chi connectivity index (χ0) is 22.0. The van der Waals surface area contributed by atoms with Crippen LogP contribution < -0.4 is 0 Å². The standard InChI is InChI=1S/C24H37BrO5/c1-30-23(29)10-5-3-2-4-9-18-19(21(27)17-20(18)26)11-12-22(28)24(14-8-15-24)13-6-7-16-25/h2,4,11-12,18-19,21-22,27-28H,3,5-10,13-17H2,1H3/b4-2-,12-11+/t18-,19-,21-,22-/m1/s1. The molecule has 0 aromatic carbocycles. The largest absolute Gasteiger partial charge is 0.469 e. The van der Waals surface area contributed by atoms with E-state index in [0.717, 1.165) is 56.7 Å². The number of allylic oxidation sites excluding steroid dienone is 2. The minimum atomic E-state index is -0.676. The number of methoxy groups -OCH3 is 1. The molecule has 0 aromatic heterocycles. The predicted octanol–water partition coefficient (Wildman–Crippen LogP) is 4.49. The quantitative estimate of drug-likeness (QED) is 0.174. The summed E-state index contributed by atoms with van der Waals surface area (Å²) >= 11 is 3.47. The van der Waals surface area contributed by atoms with Gasteiger partial charge in [0.25, 0.3) is 0 Å². The van der Waals surface area contributed by atoms with Crippen LogP contribution in [-0.4, -0.2) is 46.6 Å². The Labute approximate surface area is 189 Å². The molecule has 6 heteroatoms. The lowest BCUT2D eigenvalue weighted by Crippen LogP contribution is -2.40. The third-order valence-electron chi connectivity index (χ3n) is 6.82. The van der Waals surface area contributed by atoms with E-state index in [2.05, 4.69) is 20.7 Å². The predicted molar refractivity (Wildman–Crippen MR) is 121 cm³/mol. The van der Waals surface area contributed by atoms with E-state index in [1.54, 1.807) is 0 Å². The van der Waals surface area contributed by atoms with Gasteiger partial charge in [-0.1, -0.05) is 53.1 Å². The van der Waals surface area contributed by atoms with Gasteiger partial charge in [0.15, 0.2) is 0 Å². The number of hydrogen-bond donors (Lipinski definition) is 2. The van der Waals surface area contributed by atoms with Gasteiger partial charge >= 0.3 is 5.97 Å². The van der Waals surface area contributed by atoms with Crippen molar-refractivity contribution in [2.75, 3.05) is 12.4 Å². The molecule has 0 radical (unpaired) electrons. The maximum absolute atomic E-state index is 12.4. The Morgan fingerprint density at radius 1 is 1.30 bits per heavy atom. The van der Waals surface area contributed by atoms with E-state index in [1.165, 1.54) is 7.11 Å². The second kappa shape index (κ2) is 12.8. The first-order valence-electron chi connectivity index (χ1n) is 11.3. The molecule has 170 valence electrons. The highest BCUT2D eigenvalue weighted by atomic mass is 79.9. The van der Waals surface area contributed by atoms with E-state index in [4.69, 9.17) is 0 Å². The van der Waals surface area contributed by atoms with Crippen molar-refractivity contribution in [1.29, 1.82) is 0 Å². The fourth-order valence-electron chi connectivity index (χ4n) is 4.69. The molecule has 30 heavy (non-hydrogen) atoms. The molecule has 2 saturated carbocycles. The highest BCUT2D eigenvalue weighted by Crippen LogP contribution is 2.48. The van der Waals surface area contributed by atoms with Crippen LogP contribution >= 0.6 is 15.9 Å². The van der Waals surface area contributed by atoms with Crippen molar-refractivity contribution in [2.24, 2.45) is 17.3 Å². The van der Waals surface area contributed by atoms with Crippen molar-refractivity contribution < 1.29 is 24.5 Å². The lowest BCUT2D eigenvalue weighted by atomic mass is 9.62. The van der Waals surface area contributed by atoms with Crippen LogP contribution in [0.4, 0.5) is 0 Å². The summed E-state index contributed by atoms with van der Waals surface area (Å²) in [7, 11) is 1.38. The molecule has 0 aliphatic heterocycles. The van der Waals surface area contributed by atoms with Gasteiger partial charge < -0.3 is 14.9 Å². The fourth-order valence-corrected chi connectivity index (χ4v) is 5.08. The molecule has 4 atom stereocenters. The number of ketones is 1. The van der Waals surface area contributed by atoms with Gasteiger partial charge in [0, 0.05) is 30.0 Å². The molecule has 0 spiro atoms. The Hall–Kier alpha value is -0.980. The number of halogens is 1. The molecular formula is C24H37BrO5. The normalized spacial score (nSPS) is 26.9. The second-order valence-corrected chi connectivity index (χ2v) is 9.58. The average Bonchev–Trinajstić information content (AvgIpc) is 2.96. The molecule has 2 rings (SSSR count). The van der Waals surface area contributed by atoms with Crippen molar-refractivity contribution in [3.8, 4) is 0 Å². The summed E-state index contributed by atoms with van der Waals surface area (Å²) in [6, 6.07) is 0. The zero-order valence-corrected chi connectivity index (χ0v) is 19.7. The van der Waals surface area contributed by atoms with Gasteiger partial charge in [-0.2, -0.15) is 0 Å². The first-order chi connectivity index (χ1) is 14.4. The highest BCUT2D eigenvalue weighted by Gasteiger charge is 2.43. The van der Waals surface area contributed by atoms with Crippen molar-refractivity contribution in [1.82, 2.24) is 0 Å². The van der Waals surface area contributed by atoms with Crippen molar-refractivity contribution in [3.05, 3.63) is 24.3 Å². The van der Waals surface area contributed by atoms with Gasteiger partial charge in [-0.15, -0.1) is 0 Å². The molecule has 2 aliphatic carbocycles. The Balaban J connectivity index is 1.88. The number of aliphatic hydroxyl groups excluding tert-OH is 2. The number of Topliss-reactive ketones (excluding diaryl/α,β-unsaturated/α-hetero) is 1. The van der Waals surface area contributed by atoms with E-state index in [0.29, 0.717) is 12.8 Å². The molecule has 2 N–H and O–H groups in total. The number of aliphatic hydroxyl groups is 2. The lowest BCUT2D eigenvalue weighted by molar-refractivity contribution is -0.140. The number of ether oxygens (including phenoxy) is 1. The number of carbonyl (C=O) groups excluding carboxylic acids is 2. The van der Waals surface area contributed by atoms with Crippen molar-refractivity contribution in [2.45, 2.75) is 82.8 Å². The Kier molecular flexibility index (Phi) is 10.8. The molecule has 0 unspecified atom stereocenters. The molecule has 0 saturated heterocycles. The Bertz CT molecular complexity index is 611. The minimum absolute atomic E-state index is 0.0265. The van der Waals surface area contributed by atoms with Gasteiger partial charge in [0.1, 0.15) is 5.78 Å². The third kappa shape index (κ3) is 7.03. The number of esters is 1. The number of unbranched alkanes of at least 4 members (excludes halogenated alkanes) is 2. The van der Waals surface area contributed by atoms with Crippen LogP contribution in [0.3, 0.4) is 0 Å². The summed E-state index contributed by atoms with van der Waals surface area (Å²) in [6.45, 7) is 0. The molecule has 0 aromatic rings. The van der Waals surface area contributed by atoms with Crippen molar-refractivity contribution >= 4 is 27.7 Å². The summed E-state index contributed by atoms with van der Waals surface area (Å²) in [4.78, 5) is 23.5. The molecule has 2 aliphatic rings. The lowest BCUT2D eigenvalue weighted by Gasteiger charge is -2.45. The number of carbonyl (C=O) groups is 2. The zero-order valence-electron chi connectivity index (χ0n) is 18.1. The van der Waals surface area contributed by atoms with Crippen LogP contribution in [0.1, 0.15) is 70.6 Å². The average molecular weight is 485 g/mol. The first kappa shape index (κ1) is 25.3. The summed E-state index contributed by atoms with van der Waals surface area (Å²) in [5, 5.41) is 22.2. The number of rotatable bonds is 13. The monoisotopic (exact) mass is 484 g/mol. The van der Waals surface area contributed by atoms with E-state index in [9.17, 15) is 19.8 Å². The van der Waals surface area contributed by atoms with Crippen LogP contribution in [0.25, 0.3) is 0 Å². The van der Waals surface area contributed by atoms with E-state index < -0.39 is 12.2 Å². The SMILES string of the molecule is COC(=O)CCC/C=C\C[C@H]1C(=O)C[C@@H](O)[C@@H]1/C=C/[C@@H](O)C1(CCCCBr)CCC1. The maximum Gasteiger partial charge on any atom is 0.305 e. The molecule has 2 fully saturated rings. The number of alkyl halides is 1. The smallest absolute Gasteiger partial charge is 0.305 e. The molecular weight excluding hydrogens is 448 g/mol. The highest BCUT2D eigenvalue weighted by molar-refractivity contribution is 9.09. The fraction of sp³-hybridized carbons (Fsp3) is 0.750. The molecule has 0 bridgehead atoms. The van der Waals surface area contributed by atoms with Crippen molar-refractivity contribution in [3.63, 3.8) is 0 Å². The van der Waals surface area contributed by atoms with Crippen LogP contribution in [0.5, 0.6) is 0 Å². The molecule has 0 amide bonds. The second-order valence-electron chi connectivity index (χ2n) is 8.79. The topological polar surface area (TPSA) is 83.8 Å². The summed E-state index contributed by atoms with van der Waals surface area (Å²) in [6.07, 6.45) is 15.6.